The first-order valence-electron chi connectivity index (χ1n) is 8.63. The van der Waals surface area contributed by atoms with Crippen LogP contribution in [0.1, 0.15) is 22.3 Å². The minimum Gasteiger partial charge on any atom is -0.481 e. The SMILES string of the molecule is COc1ccc(CN2CCc3c(NCC#N)nc(Cl)c(C#N)c3C2)c(OC)n1. The van der Waals surface area contributed by atoms with Gasteiger partial charge in [0.15, 0.2) is 0 Å². The Labute approximate surface area is 168 Å². The van der Waals surface area contributed by atoms with Crippen molar-refractivity contribution in [3.05, 3.63) is 39.5 Å². The van der Waals surface area contributed by atoms with Gasteiger partial charge in [-0.25, -0.2) is 4.98 Å². The van der Waals surface area contributed by atoms with E-state index in [-0.39, 0.29) is 11.7 Å². The molecule has 0 atom stereocenters. The van der Waals surface area contributed by atoms with Crippen LogP contribution in [0.25, 0.3) is 0 Å². The molecule has 0 amide bonds. The van der Waals surface area contributed by atoms with Crippen LogP contribution in [-0.2, 0) is 19.5 Å². The van der Waals surface area contributed by atoms with Crippen molar-refractivity contribution in [3.63, 3.8) is 0 Å². The van der Waals surface area contributed by atoms with Crippen molar-refractivity contribution in [2.75, 3.05) is 32.6 Å². The fourth-order valence-electron chi connectivity index (χ4n) is 3.28. The molecule has 0 radical (unpaired) electrons. The second-order valence-electron chi connectivity index (χ2n) is 6.19. The Morgan fingerprint density at radius 1 is 1.21 bits per heavy atom. The standard InChI is InChI=1S/C19H19ClN6O2/c1-27-16-4-3-12(19(24-16)28-2)10-26-8-5-13-15(11-26)14(9-22)17(20)25-18(13)23-7-6-21/h3-4H,5,7-8,10-11H2,1-2H3,(H,23,25). The van der Waals surface area contributed by atoms with E-state index in [1.165, 1.54) is 0 Å². The predicted molar refractivity (Wildman–Crippen MR) is 103 cm³/mol. The third kappa shape index (κ3) is 3.94. The molecule has 0 aromatic carbocycles. The molecule has 0 spiro atoms. The lowest BCUT2D eigenvalue weighted by molar-refractivity contribution is 0.240. The van der Waals surface area contributed by atoms with E-state index in [2.05, 4.69) is 26.3 Å². The largest absolute Gasteiger partial charge is 0.481 e. The van der Waals surface area contributed by atoms with Gasteiger partial charge in [-0.05, 0) is 18.1 Å². The second kappa shape index (κ2) is 8.75. The summed E-state index contributed by atoms with van der Waals surface area (Å²) in [6, 6.07) is 7.91. The zero-order valence-electron chi connectivity index (χ0n) is 15.6. The van der Waals surface area contributed by atoms with Crippen molar-refractivity contribution in [1.82, 2.24) is 14.9 Å². The molecule has 2 aromatic rings. The highest BCUT2D eigenvalue weighted by Gasteiger charge is 2.26. The highest BCUT2D eigenvalue weighted by molar-refractivity contribution is 6.30. The number of methoxy groups -OCH3 is 2. The molecular weight excluding hydrogens is 380 g/mol. The van der Waals surface area contributed by atoms with Crippen molar-refractivity contribution >= 4 is 17.4 Å². The number of rotatable bonds is 6. The number of nitrogens with zero attached hydrogens (tertiary/aromatic N) is 5. The van der Waals surface area contributed by atoms with E-state index in [1.807, 2.05) is 12.1 Å². The van der Waals surface area contributed by atoms with Gasteiger partial charge in [-0.3, -0.25) is 4.90 Å². The molecule has 8 nitrogen and oxygen atoms in total. The molecule has 0 unspecified atom stereocenters. The highest BCUT2D eigenvalue weighted by atomic mass is 35.5. The Morgan fingerprint density at radius 3 is 2.71 bits per heavy atom. The molecule has 0 saturated carbocycles. The second-order valence-corrected chi connectivity index (χ2v) is 6.55. The van der Waals surface area contributed by atoms with Gasteiger partial charge in [0.1, 0.15) is 23.6 Å². The first-order valence-corrected chi connectivity index (χ1v) is 9.01. The van der Waals surface area contributed by atoms with Gasteiger partial charge >= 0.3 is 0 Å². The summed E-state index contributed by atoms with van der Waals surface area (Å²) >= 11 is 6.22. The van der Waals surface area contributed by atoms with Crippen LogP contribution < -0.4 is 14.8 Å². The molecule has 0 aliphatic carbocycles. The summed E-state index contributed by atoms with van der Waals surface area (Å²) < 4.78 is 10.5. The minimum atomic E-state index is 0.125. The van der Waals surface area contributed by atoms with E-state index in [0.29, 0.717) is 42.7 Å². The summed E-state index contributed by atoms with van der Waals surface area (Å²) in [4.78, 5) is 10.8. The van der Waals surface area contributed by atoms with Gasteiger partial charge in [0.2, 0.25) is 11.8 Å². The number of aromatic nitrogens is 2. The molecule has 1 aliphatic rings. The van der Waals surface area contributed by atoms with Crippen LogP contribution in [0.3, 0.4) is 0 Å². The summed E-state index contributed by atoms with van der Waals surface area (Å²) in [5.74, 6) is 1.57. The Kier molecular flexibility index (Phi) is 6.15. The van der Waals surface area contributed by atoms with Crippen LogP contribution in [-0.4, -0.2) is 42.2 Å². The first-order chi connectivity index (χ1) is 13.6. The quantitative estimate of drug-likeness (QED) is 0.584. The lowest BCUT2D eigenvalue weighted by atomic mass is 9.96. The van der Waals surface area contributed by atoms with Crippen LogP contribution in [0.15, 0.2) is 12.1 Å². The smallest absolute Gasteiger partial charge is 0.220 e. The van der Waals surface area contributed by atoms with Crippen molar-refractivity contribution in [1.29, 1.82) is 10.5 Å². The summed E-state index contributed by atoms with van der Waals surface area (Å²) in [5.41, 5.74) is 3.08. The number of nitriles is 2. The van der Waals surface area contributed by atoms with E-state index < -0.39 is 0 Å². The Morgan fingerprint density at radius 2 is 2.04 bits per heavy atom. The van der Waals surface area contributed by atoms with Crippen molar-refractivity contribution in [2.24, 2.45) is 0 Å². The van der Waals surface area contributed by atoms with Crippen LogP contribution >= 0.6 is 11.6 Å². The topological polar surface area (TPSA) is 107 Å². The number of hydrogen-bond acceptors (Lipinski definition) is 8. The maximum absolute atomic E-state index is 9.55. The molecule has 0 saturated heterocycles. The van der Waals surface area contributed by atoms with E-state index in [9.17, 15) is 5.26 Å². The van der Waals surface area contributed by atoms with Gasteiger partial charge in [-0.15, -0.1) is 0 Å². The van der Waals surface area contributed by atoms with Gasteiger partial charge in [-0.1, -0.05) is 11.6 Å². The average molecular weight is 399 g/mol. The number of hydrogen-bond donors (Lipinski definition) is 1. The molecular formula is C19H19ClN6O2. The number of ether oxygens (including phenoxy) is 2. The fourth-order valence-corrected chi connectivity index (χ4v) is 3.52. The third-order valence-electron chi connectivity index (χ3n) is 4.58. The van der Waals surface area contributed by atoms with Crippen LogP contribution in [0.5, 0.6) is 11.8 Å². The van der Waals surface area contributed by atoms with Gasteiger partial charge < -0.3 is 14.8 Å². The molecule has 1 aliphatic heterocycles. The molecule has 0 fully saturated rings. The fraction of sp³-hybridized carbons (Fsp3) is 0.368. The maximum Gasteiger partial charge on any atom is 0.220 e. The van der Waals surface area contributed by atoms with E-state index in [1.54, 1.807) is 20.3 Å². The van der Waals surface area contributed by atoms with Crippen LogP contribution in [0, 0.1) is 22.7 Å². The highest BCUT2D eigenvalue weighted by Crippen LogP contribution is 2.32. The predicted octanol–water partition coefficient (Wildman–Crippen LogP) is 2.51. The normalized spacial score (nSPS) is 13.2. The third-order valence-corrected chi connectivity index (χ3v) is 4.86. The molecule has 144 valence electrons. The summed E-state index contributed by atoms with van der Waals surface area (Å²) in [7, 11) is 3.13. The van der Waals surface area contributed by atoms with Crippen molar-refractivity contribution < 1.29 is 9.47 Å². The van der Waals surface area contributed by atoms with E-state index in [4.69, 9.17) is 26.3 Å². The monoisotopic (exact) mass is 398 g/mol. The lowest BCUT2D eigenvalue weighted by Gasteiger charge is -2.30. The van der Waals surface area contributed by atoms with E-state index in [0.717, 1.165) is 23.2 Å². The Hall–Kier alpha value is -3.07. The summed E-state index contributed by atoms with van der Waals surface area (Å²) in [5, 5.41) is 21.5. The molecule has 9 heteroatoms. The minimum absolute atomic E-state index is 0.125. The molecule has 28 heavy (non-hydrogen) atoms. The maximum atomic E-state index is 9.55. The van der Waals surface area contributed by atoms with Crippen LogP contribution in [0.4, 0.5) is 5.82 Å². The molecule has 0 bridgehead atoms. The number of fused-ring (bicyclic) bond motifs is 1. The molecule has 2 aromatic heterocycles. The zero-order valence-corrected chi connectivity index (χ0v) is 16.4. The molecule has 3 heterocycles. The Bertz CT molecular complexity index is 966. The summed E-state index contributed by atoms with van der Waals surface area (Å²) in [6.45, 7) is 2.03. The van der Waals surface area contributed by atoms with Gasteiger partial charge in [0, 0.05) is 36.8 Å². The average Bonchev–Trinajstić information content (AvgIpc) is 2.72. The van der Waals surface area contributed by atoms with E-state index >= 15 is 0 Å². The Balaban J connectivity index is 1.89. The summed E-state index contributed by atoms with van der Waals surface area (Å²) in [6.07, 6.45) is 0.688. The number of pyridine rings is 2. The van der Waals surface area contributed by atoms with Gasteiger partial charge in [0.05, 0.1) is 25.9 Å². The van der Waals surface area contributed by atoms with Crippen molar-refractivity contribution in [3.8, 4) is 23.9 Å². The van der Waals surface area contributed by atoms with Crippen molar-refractivity contribution in [2.45, 2.75) is 19.5 Å². The lowest BCUT2D eigenvalue weighted by Crippen LogP contribution is -2.32. The van der Waals surface area contributed by atoms with Gasteiger partial charge in [-0.2, -0.15) is 15.5 Å². The van der Waals surface area contributed by atoms with Gasteiger partial charge in [0.25, 0.3) is 0 Å². The first kappa shape index (κ1) is 19.7. The molecule has 3 rings (SSSR count). The van der Waals surface area contributed by atoms with Crippen LogP contribution in [0.2, 0.25) is 5.15 Å². The zero-order chi connectivity index (χ0) is 20.1. The number of nitrogens with one attached hydrogen (secondary N) is 1. The molecule has 1 N–H and O–H groups in total. The number of anilines is 1. The number of halogens is 1.